The van der Waals surface area contributed by atoms with Gasteiger partial charge in [-0.1, -0.05) is 18.1 Å². The molecule has 4 aliphatic rings. The maximum absolute atomic E-state index is 6.01. The summed E-state index contributed by atoms with van der Waals surface area (Å²) in [6.45, 7) is 1.95. The van der Waals surface area contributed by atoms with Gasteiger partial charge in [0.15, 0.2) is 5.96 Å². The summed E-state index contributed by atoms with van der Waals surface area (Å²) in [5, 5.41) is 7.28. The molecule has 0 aromatic heterocycles. The fraction of sp³-hybridized carbons (Fsp3) is 0.842. The van der Waals surface area contributed by atoms with E-state index in [4.69, 9.17) is 4.74 Å². The number of rotatable bonds is 4. The highest BCUT2D eigenvalue weighted by atomic mass is 127. The minimum atomic E-state index is 0. The van der Waals surface area contributed by atoms with Crippen LogP contribution in [0.5, 0.6) is 0 Å². The Morgan fingerprint density at radius 1 is 1.33 bits per heavy atom. The molecule has 2 N–H and O–H groups in total. The van der Waals surface area contributed by atoms with Crippen molar-refractivity contribution < 1.29 is 4.74 Å². The predicted molar refractivity (Wildman–Crippen MR) is 109 cm³/mol. The van der Waals surface area contributed by atoms with E-state index in [9.17, 15) is 0 Å². The number of hydrogen-bond acceptors (Lipinski definition) is 2. The zero-order chi connectivity index (χ0) is 15.7. The second-order valence-corrected chi connectivity index (χ2v) is 7.81. The van der Waals surface area contributed by atoms with Crippen LogP contribution < -0.4 is 10.6 Å². The number of ether oxygens (including phenoxy) is 1. The lowest BCUT2D eigenvalue weighted by Gasteiger charge is -2.63. The Balaban J connectivity index is 0.00000169. The Hall–Kier alpha value is -0.300. The van der Waals surface area contributed by atoms with Crippen LogP contribution in [-0.4, -0.2) is 38.3 Å². The first kappa shape index (κ1) is 18.5. The second-order valence-electron chi connectivity index (χ2n) is 7.81. The molecule has 136 valence electrons. The third-order valence-corrected chi connectivity index (χ3v) is 6.68. The molecule has 0 aromatic rings. The molecule has 0 radical (unpaired) electrons. The van der Waals surface area contributed by atoms with Gasteiger partial charge in [0.1, 0.15) is 0 Å². The van der Waals surface area contributed by atoms with Gasteiger partial charge in [0.2, 0.25) is 0 Å². The maximum atomic E-state index is 6.01. The number of aliphatic imine (C=N–C) groups is 1. The average Bonchev–Trinajstić information content (AvgIpc) is 2.95. The SMILES string of the molecule is CN=C(NCCC1=CCCCC1)NC1C2CCOC2C12CCC2.I. The van der Waals surface area contributed by atoms with Gasteiger partial charge in [-0.2, -0.15) is 0 Å². The summed E-state index contributed by atoms with van der Waals surface area (Å²) >= 11 is 0. The third-order valence-electron chi connectivity index (χ3n) is 6.68. The molecule has 2 saturated carbocycles. The quantitative estimate of drug-likeness (QED) is 0.301. The van der Waals surface area contributed by atoms with E-state index in [1.54, 1.807) is 5.57 Å². The van der Waals surface area contributed by atoms with Gasteiger partial charge in [-0.25, -0.2) is 0 Å². The van der Waals surface area contributed by atoms with Gasteiger partial charge < -0.3 is 15.4 Å². The molecule has 5 heteroatoms. The number of allylic oxidation sites excluding steroid dienone is 1. The number of hydrogen-bond donors (Lipinski definition) is 2. The van der Waals surface area contributed by atoms with E-state index in [1.165, 1.54) is 51.4 Å². The van der Waals surface area contributed by atoms with Crippen LogP contribution in [0.1, 0.15) is 57.8 Å². The number of halogens is 1. The molecule has 3 unspecified atom stereocenters. The Kier molecular flexibility index (Phi) is 6.11. The van der Waals surface area contributed by atoms with Crippen molar-refractivity contribution in [3.8, 4) is 0 Å². The van der Waals surface area contributed by atoms with E-state index < -0.39 is 0 Å². The molecule has 4 nitrogen and oxygen atoms in total. The predicted octanol–water partition coefficient (Wildman–Crippen LogP) is 3.62. The molecule has 3 fully saturated rings. The fourth-order valence-electron chi connectivity index (χ4n) is 5.27. The number of guanidine groups is 1. The van der Waals surface area contributed by atoms with Crippen LogP contribution in [0, 0.1) is 11.3 Å². The van der Waals surface area contributed by atoms with Crippen molar-refractivity contribution in [2.45, 2.75) is 69.9 Å². The van der Waals surface area contributed by atoms with Crippen LogP contribution in [0.25, 0.3) is 0 Å². The Labute approximate surface area is 163 Å². The van der Waals surface area contributed by atoms with Crippen LogP contribution in [0.2, 0.25) is 0 Å². The first-order valence-corrected chi connectivity index (χ1v) is 9.60. The van der Waals surface area contributed by atoms with Gasteiger partial charge in [0.05, 0.1) is 6.10 Å². The molecule has 0 amide bonds. The van der Waals surface area contributed by atoms with Crippen molar-refractivity contribution in [2.75, 3.05) is 20.2 Å². The van der Waals surface area contributed by atoms with Gasteiger partial charge in [-0.3, -0.25) is 4.99 Å². The molecule has 1 heterocycles. The van der Waals surface area contributed by atoms with Crippen LogP contribution in [0.15, 0.2) is 16.6 Å². The Bertz CT molecular complexity index is 501. The average molecular weight is 445 g/mol. The molecular weight excluding hydrogens is 413 g/mol. The van der Waals surface area contributed by atoms with Crippen LogP contribution in [0.4, 0.5) is 0 Å². The highest BCUT2D eigenvalue weighted by molar-refractivity contribution is 14.0. The highest BCUT2D eigenvalue weighted by Gasteiger charge is 2.66. The van der Waals surface area contributed by atoms with Gasteiger partial charge in [0.25, 0.3) is 0 Å². The van der Waals surface area contributed by atoms with Crippen molar-refractivity contribution in [1.82, 2.24) is 10.6 Å². The zero-order valence-electron chi connectivity index (χ0n) is 14.9. The van der Waals surface area contributed by atoms with E-state index in [2.05, 4.69) is 21.7 Å². The summed E-state index contributed by atoms with van der Waals surface area (Å²) in [7, 11) is 1.89. The zero-order valence-corrected chi connectivity index (χ0v) is 17.2. The largest absolute Gasteiger partial charge is 0.377 e. The van der Waals surface area contributed by atoms with Crippen molar-refractivity contribution >= 4 is 29.9 Å². The van der Waals surface area contributed by atoms with Crippen molar-refractivity contribution in [3.63, 3.8) is 0 Å². The first-order valence-electron chi connectivity index (χ1n) is 9.60. The smallest absolute Gasteiger partial charge is 0.191 e. The maximum Gasteiger partial charge on any atom is 0.191 e. The Morgan fingerprint density at radius 2 is 2.21 bits per heavy atom. The second kappa shape index (κ2) is 7.94. The lowest BCUT2D eigenvalue weighted by molar-refractivity contribution is -0.171. The Morgan fingerprint density at radius 3 is 2.88 bits per heavy atom. The summed E-state index contributed by atoms with van der Waals surface area (Å²) in [5.41, 5.74) is 2.05. The van der Waals surface area contributed by atoms with Gasteiger partial charge in [-0.15, -0.1) is 24.0 Å². The standard InChI is InChI=1S/C19H31N3O.HI/c1-20-18(21-12-8-14-6-3-2-4-7-14)22-16-15-9-13-23-17(15)19(16)10-5-11-19;/h6,15-17H,2-5,7-13H2,1H3,(H2,20,21,22);1H. The molecule has 3 atom stereocenters. The van der Waals surface area contributed by atoms with Crippen molar-refractivity contribution in [3.05, 3.63) is 11.6 Å². The monoisotopic (exact) mass is 445 g/mol. The molecule has 0 aromatic carbocycles. The van der Waals surface area contributed by atoms with Crippen LogP contribution >= 0.6 is 24.0 Å². The minimum absolute atomic E-state index is 0. The van der Waals surface area contributed by atoms with Gasteiger partial charge in [0, 0.05) is 37.6 Å². The minimum Gasteiger partial charge on any atom is -0.377 e. The summed E-state index contributed by atoms with van der Waals surface area (Å²) in [4.78, 5) is 4.46. The lowest BCUT2D eigenvalue weighted by atomic mass is 9.46. The molecule has 3 aliphatic carbocycles. The topological polar surface area (TPSA) is 45.7 Å². The molecule has 0 bridgehead atoms. The normalized spacial score (nSPS) is 33.6. The third kappa shape index (κ3) is 3.22. The van der Waals surface area contributed by atoms with E-state index >= 15 is 0 Å². The number of fused-ring (bicyclic) bond motifs is 2. The first-order chi connectivity index (χ1) is 11.3. The summed E-state index contributed by atoms with van der Waals surface area (Å²) < 4.78 is 6.01. The van der Waals surface area contributed by atoms with Gasteiger partial charge in [-0.05, 0) is 51.4 Å². The van der Waals surface area contributed by atoms with Crippen molar-refractivity contribution in [2.24, 2.45) is 16.3 Å². The van der Waals surface area contributed by atoms with Crippen LogP contribution in [-0.2, 0) is 4.74 Å². The highest BCUT2D eigenvalue weighted by Crippen LogP contribution is 2.62. The molecular formula is C19H32IN3O. The number of nitrogens with zero attached hydrogens (tertiary/aromatic N) is 1. The summed E-state index contributed by atoms with van der Waals surface area (Å²) in [5.74, 6) is 1.69. The molecule has 4 rings (SSSR count). The fourth-order valence-corrected chi connectivity index (χ4v) is 5.27. The van der Waals surface area contributed by atoms with Gasteiger partial charge >= 0.3 is 0 Å². The molecule has 1 spiro atoms. The molecule has 1 aliphatic heterocycles. The van der Waals surface area contributed by atoms with E-state index in [0.29, 0.717) is 23.5 Å². The molecule has 24 heavy (non-hydrogen) atoms. The van der Waals surface area contributed by atoms with E-state index in [-0.39, 0.29) is 24.0 Å². The van der Waals surface area contributed by atoms with Crippen LogP contribution in [0.3, 0.4) is 0 Å². The summed E-state index contributed by atoms with van der Waals surface area (Å²) in [6, 6.07) is 0.573. The lowest BCUT2D eigenvalue weighted by Crippen LogP contribution is -2.72. The number of nitrogens with one attached hydrogen (secondary N) is 2. The summed E-state index contributed by atoms with van der Waals surface area (Å²) in [6.07, 6.45) is 14.7. The van der Waals surface area contributed by atoms with E-state index in [1.807, 2.05) is 7.05 Å². The molecule has 1 saturated heterocycles. The van der Waals surface area contributed by atoms with E-state index in [0.717, 1.165) is 25.5 Å². The van der Waals surface area contributed by atoms with Crippen molar-refractivity contribution in [1.29, 1.82) is 0 Å².